The van der Waals surface area contributed by atoms with Crippen LogP contribution in [0, 0.1) is 5.82 Å². The number of guanidine groups is 1. The molecular formula is C19H28FN5. The molecule has 2 N–H and O–H groups in total. The molecule has 0 atom stereocenters. The largest absolute Gasteiger partial charge is 0.357 e. The molecule has 1 aromatic carbocycles. The monoisotopic (exact) mass is 345 g/mol. The Balaban J connectivity index is 2.09. The van der Waals surface area contributed by atoms with Crippen LogP contribution in [0.4, 0.5) is 4.39 Å². The van der Waals surface area contributed by atoms with Crippen molar-refractivity contribution in [1.82, 2.24) is 20.4 Å². The molecule has 5 nitrogen and oxygen atoms in total. The molecule has 0 radical (unpaired) electrons. The molecule has 0 aliphatic carbocycles. The van der Waals surface area contributed by atoms with E-state index in [0.717, 1.165) is 36.6 Å². The first-order chi connectivity index (χ1) is 12.1. The summed E-state index contributed by atoms with van der Waals surface area (Å²) in [7, 11) is 2.00. The van der Waals surface area contributed by atoms with Crippen molar-refractivity contribution >= 4 is 5.96 Å². The van der Waals surface area contributed by atoms with Crippen molar-refractivity contribution < 1.29 is 4.39 Å². The summed E-state index contributed by atoms with van der Waals surface area (Å²) in [5.41, 5.74) is 4.60. The number of benzene rings is 1. The van der Waals surface area contributed by atoms with Crippen LogP contribution in [-0.4, -0.2) is 22.3 Å². The highest BCUT2D eigenvalue weighted by Crippen LogP contribution is 2.15. The maximum Gasteiger partial charge on any atom is 0.191 e. The number of aryl methyl sites for hydroxylation is 2. The average Bonchev–Trinajstić information content (AvgIpc) is 2.93. The molecule has 0 spiro atoms. The van der Waals surface area contributed by atoms with Crippen molar-refractivity contribution in [1.29, 1.82) is 0 Å². The molecule has 0 aliphatic heterocycles. The first-order valence-corrected chi connectivity index (χ1v) is 8.89. The van der Waals surface area contributed by atoms with E-state index >= 15 is 0 Å². The van der Waals surface area contributed by atoms with Gasteiger partial charge in [0, 0.05) is 31.4 Å². The van der Waals surface area contributed by atoms with Crippen LogP contribution in [0.1, 0.15) is 43.3 Å². The van der Waals surface area contributed by atoms with Gasteiger partial charge >= 0.3 is 0 Å². The molecule has 2 aromatic rings. The van der Waals surface area contributed by atoms with Crippen molar-refractivity contribution in [3.8, 4) is 0 Å². The van der Waals surface area contributed by atoms with Gasteiger partial charge in [-0.15, -0.1) is 0 Å². The lowest BCUT2D eigenvalue weighted by Crippen LogP contribution is -2.37. The highest BCUT2D eigenvalue weighted by atomic mass is 19.1. The number of rotatable bonds is 7. The SMILES string of the molecule is CCNC(=NCc1ccc(F)cc1)NCc1c(CC)nn(C)c1CC. The van der Waals surface area contributed by atoms with Crippen LogP contribution in [0.2, 0.25) is 0 Å². The number of nitrogens with zero attached hydrogens (tertiary/aromatic N) is 3. The number of aliphatic imine (C=N–C) groups is 1. The van der Waals surface area contributed by atoms with Crippen LogP contribution < -0.4 is 10.6 Å². The lowest BCUT2D eigenvalue weighted by atomic mass is 10.1. The van der Waals surface area contributed by atoms with E-state index in [1.807, 2.05) is 18.7 Å². The van der Waals surface area contributed by atoms with E-state index < -0.39 is 0 Å². The lowest BCUT2D eigenvalue weighted by Gasteiger charge is -2.12. The second kappa shape index (κ2) is 9.20. The summed E-state index contributed by atoms with van der Waals surface area (Å²) in [6.45, 7) is 8.28. The zero-order valence-electron chi connectivity index (χ0n) is 15.6. The van der Waals surface area contributed by atoms with Gasteiger partial charge in [-0.05, 0) is 37.5 Å². The Kier molecular flexibility index (Phi) is 6.98. The summed E-state index contributed by atoms with van der Waals surface area (Å²) in [5.74, 6) is 0.522. The second-order valence-electron chi connectivity index (χ2n) is 5.88. The minimum atomic E-state index is -0.228. The smallest absolute Gasteiger partial charge is 0.191 e. The van der Waals surface area contributed by atoms with Crippen molar-refractivity contribution in [2.45, 2.75) is 46.7 Å². The molecule has 136 valence electrons. The molecule has 0 unspecified atom stereocenters. The Hall–Kier alpha value is -2.37. The minimum Gasteiger partial charge on any atom is -0.357 e. The highest BCUT2D eigenvalue weighted by Gasteiger charge is 2.13. The van der Waals surface area contributed by atoms with E-state index in [2.05, 4.69) is 34.6 Å². The fourth-order valence-electron chi connectivity index (χ4n) is 2.87. The van der Waals surface area contributed by atoms with E-state index in [0.29, 0.717) is 13.1 Å². The van der Waals surface area contributed by atoms with Gasteiger partial charge in [-0.1, -0.05) is 26.0 Å². The summed E-state index contributed by atoms with van der Waals surface area (Å²) >= 11 is 0. The number of halogens is 1. The van der Waals surface area contributed by atoms with Gasteiger partial charge in [0.2, 0.25) is 0 Å². The van der Waals surface area contributed by atoms with E-state index in [9.17, 15) is 4.39 Å². The zero-order chi connectivity index (χ0) is 18.2. The van der Waals surface area contributed by atoms with Crippen molar-refractivity contribution in [2.75, 3.05) is 6.54 Å². The predicted octanol–water partition coefficient (Wildman–Crippen LogP) is 2.94. The summed E-state index contributed by atoms with van der Waals surface area (Å²) in [5, 5.41) is 11.3. The molecule has 0 bridgehead atoms. The molecule has 0 fully saturated rings. The van der Waals surface area contributed by atoms with Gasteiger partial charge in [0.05, 0.1) is 12.2 Å². The summed E-state index contributed by atoms with van der Waals surface area (Å²) < 4.78 is 15.0. The quantitative estimate of drug-likeness (QED) is 0.599. The Bertz CT molecular complexity index is 703. The number of nitrogens with one attached hydrogen (secondary N) is 2. The minimum absolute atomic E-state index is 0.228. The van der Waals surface area contributed by atoms with Crippen LogP contribution in [0.15, 0.2) is 29.3 Å². The van der Waals surface area contributed by atoms with Crippen LogP contribution in [-0.2, 0) is 33.0 Å². The second-order valence-corrected chi connectivity index (χ2v) is 5.88. The van der Waals surface area contributed by atoms with Gasteiger partial charge in [-0.25, -0.2) is 9.38 Å². The normalized spacial score (nSPS) is 11.6. The Morgan fingerprint density at radius 2 is 1.84 bits per heavy atom. The fraction of sp³-hybridized carbons (Fsp3) is 0.474. The molecule has 2 rings (SSSR count). The Morgan fingerprint density at radius 3 is 2.44 bits per heavy atom. The van der Waals surface area contributed by atoms with E-state index in [1.165, 1.54) is 23.4 Å². The molecular weight excluding hydrogens is 317 g/mol. The topological polar surface area (TPSA) is 54.2 Å². The average molecular weight is 345 g/mol. The molecule has 1 aromatic heterocycles. The zero-order valence-corrected chi connectivity index (χ0v) is 15.6. The summed E-state index contributed by atoms with van der Waals surface area (Å²) in [6, 6.07) is 6.44. The van der Waals surface area contributed by atoms with Crippen molar-refractivity contribution in [3.05, 3.63) is 52.6 Å². The van der Waals surface area contributed by atoms with E-state index in [4.69, 9.17) is 0 Å². The Labute approximate surface area is 149 Å². The number of hydrogen-bond acceptors (Lipinski definition) is 2. The van der Waals surface area contributed by atoms with Gasteiger partial charge in [0.15, 0.2) is 5.96 Å². The van der Waals surface area contributed by atoms with Crippen molar-refractivity contribution in [3.63, 3.8) is 0 Å². The summed E-state index contributed by atoms with van der Waals surface area (Å²) in [6.07, 6.45) is 1.86. The maximum atomic E-state index is 13.0. The number of aromatic nitrogens is 2. The van der Waals surface area contributed by atoms with E-state index in [-0.39, 0.29) is 5.82 Å². The Morgan fingerprint density at radius 1 is 1.12 bits per heavy atom. The molecule has 0 saturated heterocycles. The van der Waals surface area contributed by atoms with Crippen LogP contribution in [0.5, 0.6) is 0 Å². The van der Waals surface area contributed by atoms with Gasteiger partial charge in [-0.2, -0.15) is 5.10 Å². The predicted molar refractivity (Wildman–Crippen MR) is 100 cm³/mol. The molecule has 6 heteroatoms. The maximum absolute atomic E-state index is 13.0. The van der Waals surface area contributed by atoms with Crippen molar-refractivity contribution in [2.24, 2.45) is 12.0 Å². The van der Waals surface area contributed by atoms with Crippen LogP contribution in [0.3, 0.4) is 0 Å². The number of hydrogen-bond donors (Lipinski definition) is 2. The third-order valence-corrected chi connectivity index (χ3v) is 4.14. The highest BCUT2D eigenvalue weighted by molar-refractivity contribution is 5.79. The van der Waals surface area contributed by atoms with Gasteiger partial charge < -0.3 is 10.6 Å². The molecule has 1 heterocycles. The first kappa shape index (κ1) is 19.0. The van der Waals surface area contributed by atoms with Gasteiger partial charge in [0.1, 0.15) is 5.82 Å². The third kappa shape index (κ3) is 5.05. The first-order valence-electron chi connectivity index (χ1n) is 8.89. The lowest BCUT2D eigenvalue weighted by molar-refractivity contribution is 0.627. The third-order valence-electron chi connectivity index (χ3n) is 4.14. The van der Waals surface area contributed by atoms with Gasteiger partial charge in [-0.3, -0.25) is 4.68 Å². The van der Waals surface area contributed by atoms with E-state index in [1.54, 1.807) is 12.1 Å². The summed E-state index contributed by atoms with van der Waals surface area (Å²) in [4.78, 5) is 4.59. The standard InChI is InChI=1S/C19H28FN5/c1-5-17-16(18(6-2)25(4)24-17)13-23-19(21-7-3)22-12-14-8-10-15(20)11-9-14/h8-11H,5-7,12-13H2,1-4H3,(H2,21,22,23). The molecule has 0 saturated carbocycles. The van der Waals surface area contributed by atoms with Crippen LogP contribution in [0.25, 0.3) is 0 Å². The fourth-order valence-corrected chi connectivity index (χ4v) is 2.87. The van der Waals surface area contributed by atoms with Crippen LogP contribution >= 0.6 is 0 Å². The molecule has 0 amide bonds. The van der Waals surface area contributed by atoms with Gasteiger partial charge in [0.25, 0.3) is 0 Å². The molecule has 0 aliphatic rings. The molecule has 25 heavy (non-hydrogen) atoms.